The Morgan fingerprint density at radius 1 is 1.07 bits per heavy atom. The van der Waals surface area contributed by atoms with Gasteiger partial charge in [0.1, 0.15) is 11.5 Å². The highest BCUT2D eigenvalue weighted by atomic mass is 16.5. The maximum Gasteiger partial charge on any atom is 0.345 e. The number of benzene rings is 2. The average molecular weight is 370 g/mol. The van der Waals surface area contributed by atoms with Gasteiger partial charge in [0.2, 0.25) is 5.60 Å². The Labute approximate surface area is 157 Å². The van der Waals surface area contributed by atoms with E-state index in [1.165, 1.54) is 0 Å². The Morgan fingerprint density at radius 3 is 1.96 bits per heavy atom. The average Bonchev–Trinajstić information content (AvgIpc) is 2.66. The lowest BCUT2D eigenvalue weighted by Gasteiger charge is -2.32. The summed E-state index contributed by atoms with van der Waals surface area (Å²) in [5, 5.41) is 20.0. The van der Waals surface area contributed by atoms with Crippen LogP contribution in [0.3, 0.4) is 0 Å². The van der Waals surface area contributed by atoms with Crippen LogP contribution < -0.4 is 4.74 Å². The van der Waals surface area contributed by atoms with Crippen LogP contribution >= 0.6 is 0 Å². The van der Waals surface area contributed by atoms with Crippen molar-refractivity contribution in [3.05, 3.63) is 71.8 Å². The van der Waals surface area contributed by atoms with Crippen molar-refractivity contribution in [3.8, 4) is 11.5 Å². The molecule has 0 atom stereocenters. The lowest BCUT2D eigenvalue weighted by Crippen LogP contribution is -2.39. The highest BCUT2D eigenvalue weighted by molar-refractivity contribution is 5.87. The first kappa shape index (κ1) is 20.2. The SMILES string of the molecule is C=C(C)C(=O)OCCC.O=C(O)C1(O)c2ccccc2Oc2ccccc21. The fraction of sp³-hybridized carbons (Fsp3) is 0.238. The van der Waals surface area contributed by atoms with Gasteiger partial charge >= 0.3 is 11.9 Å². The first-order chi connectivity index (χ1) is 12.8. The number of aliphatic carboxylic acids is 1. The number of carbonyl (C=O) groups excluding carboxylic acids is 1. The topological polar surface area (TPSA) is 93.1 Å². The van der Waals surface area contributed by atoms with Crippen molar-refractivity contribution in [1.82, 2.24) is 0 Å². The number of aliphatic hydroxyl groups is 1. The smallest absolute Gasteiger partial charge is 0.345 e. The fourth-order valence-electron chi connectivity index (χ4n) is 2.52. The predicted octanol–water partition coefficient (Wildman–Crippen LogP) is 3.63. The molecule has 2 aromatic carbocycles. The zero-order valence-electron chi connectivity index (χ0n) is 15.3. The normalized spacial score (nSPS) is 13.0. The standard InChI is InChI=1S/C14H10O4.C7H12O2/c15-13(16)14(17)9-5-1-3-7-11(9)18-12-8-4-2-6-10(12)14;1-4-5-9-7(8)6(2)3/h1-8,17H,(H,15,16);2,4-5H2,1,3H3. The van der Waals surface area contributed by atoms with E-state index in [9.17, 15) is 19.8 Å². The van der Waals surface area contributed by atoms with Crippen LogP contribution in [0.25, 0.3) is 0 Å². The van der Waals surface area contributed by atoms with Crippen LogP contribution in [-0.2, 0) is 19.9 Å². The molecule has 27 heavy (non-hydrogen) atoms. The van der Waals surface area contributed by atoms with E-state index in [2.05, 4.69) is 6.58 Å². The van der Waals surface area contributed by atoms with Crippen LogP contribution in [0.2, 0.25) is 0 Å². The largest absolute Gasteiger partial charge is 0.479 e. The molecular formula is C21H22O6. The molecule has 2 aromatic rings. The molecule has 0 aromatic heterocycles. The van der Waals surface area contributed by atoms with Crippen LogP contribution in [0.4, 0.5) is 0 Å². The molecule has 0 saturated heterocycles. The molecule has 0 unspecified atom stereocenters. The molecular weight excluding hydrogens is 348 g/mol. The molecule has 0 radical (unpaired) electrons. The third-order valence-corrected chi connectivity index (χ3v) is 3.87. The van der Waals surface area contributed by atoms with Crippen LogP contribution in [0, 0.1) is 0 Å². The Bertz CT molecular complexity index is 810. The van der Waals surface area contributed by atoms with Crippen molar-refractivity contribution in [2.24, 2.45) is 0 Å². The number of esters is 1. The summed E-state index contributed by atoms with van der Waals surface area (Å²) in [6, 6.07) is 13.2. The van der Waals surface area contributed by atoms with E-state index in [0.717, 1.165) is 6.42 Å². The van der Waals surface area contributed by atoms with Crippen molar-refractivity contribution < 1.29 is 29.3 Å². The molecule has 1 aliphatic rings. The van der Waals surface area contributed by atoms with E-state index in [1.54, 1.807) is 55.5 Å². The molecule has 0 saturated carbocycles. The van der Waals surface area contributed by atoms with Gasteiger partial charge in [-0.3, -0.25) is 0 Å². The number of rotatable bonds is 4. The number of fused-ring (bicyclic) bond motifs is 2. The van der Waals surface area contributed by atoms with Crippen molar-refractivity contribution >= 4 is 11.9 Å². The monoisotopic (exact) mass is 370 g/mol. The van der Waals surface area contributed by atoms with Crippen LogP contribution in [0.15, 0.2) is 60.7 Å². The van der Waals surface area contributed by atoms with Gasteiger partial charge in [-0.1, -0.05) is 49.9 Å². The summed E-state index contributed by atoms with van der Waals surface area (Å²) < 4.78 is 10.3. The van der Waals surface area contributed by atoms with E-state index >= 15 is 0 Å². The first-order valence-electron chi connectivity index (χ1n) is 8.47. The molecule has 0 aliphatic carbocycles. The second-order valence-corrected chi connectivity index (χ2v) is 6.03. The summed E-state index contributed by atoms with van der Waals surface area (Å²) >= 11 is 0. The maximum absolute atomic E-state index is 11.5. The van der Waals surface area contributed by atoms with Gasteiger partial charge in [0.15, 0.2) is 0 Å². The highest BCUT2D eigenvalue weighted by Gasteiger charge is 2.47. The van der Waals surface area contributed by atoms with Crippen LogP contribution in [0.1, 0.15) is 31.4 Å². The number of para-hydroxylation sites is 2. The van der Waals surface area contributed by atoms with E-state index in [-0.39, 0.29) is 17.1 Å². The number of carboxylic acid groups (broad SMARTS) is 1. The minimum Gasteiger partial charge on any atom is -0.479 e. The second kappa shape index (κ2) is 8.51. The van der Waals surface area contributed by atoms with Gasteiger partial charge in [0.05, 0.1) is 6.61 Å². The number of carboxylic acids is 1. The van der Waals surface area contributed by atoms with Crippen LogP contribution in [0.5, 0.6) is 11.5 Å². The summed E-state index contributed by atoms with van der Waals surface area (Å²) in [6.07, 6.45) is 0.860. The summed E-state index contributed by atoms with van der Waals surface area (Å²) in [5.74, 6) is -0.884. The third kappa shape index (κ3) is 4.17. The zero-order valence-corrected chi connectivity index (χ0v) is 15.3. The molecule has 0 amide bonds. The van der Waals surface area contributed by atoms with Gasteiger partial charge in [-0.25, -0.2) is 9.59 Å². The van der Waals surface area contributed by atoms with E-state index in [1.807, 2.05) is 6.92 Å². The Balaban J connectivity index is 0.000000249. The van der Waals surface area contributed by atoms with Gasteiger partial charge in [0.25, 0.3) is 0 Å². The molecule has 6 heteroatoms. The summed E-state index contributed by atoms with van der Waals surface area (Å²) in [4.78, 5) is 22.1. The number of hydrogen-bond acceptors (Lipinski definition) is 5. The molecule has 0 fully saturated rings. The molecule has 6 nitrogen and oxygen atoms in total. The Hall–Kier alpha value is -3.12. The minimum atomic E-state index is -2.06. The van der Waals surface area contributed by atoms with Gasteiger partial charge in [-0.2, -0.15) is 0 Å². The number of ether oxygens (including phenoxy) is 2. The molecule has 3 rings (SSSR count). The molecule has 0 bridgehead atoms. The van der Waals surface area contributed by atoms with Crippen molar-refractivity contribution in [3.63, 3.8) is 0 Å². The van der Waals surface area contributed by atoms with E-state index in [0.29, 0.717) is 23.7 Å². The molecule has 1 aliphatic heterocycles. The van der Waals surface area contributed by atoms with Crippen molar-refractivity contribution in [2.75, 3.05) is 6.61 Å². The minimum absolute atomic E-state index is 0.246. The summed E-state index contributed by atoms with van der Waals surface area (Å²) in [5.41, 5.74) is -1.11. The Morgan fingerprint density at radius 2 is 1.56 bits per heavy atom. The lowest BCUT2D eigenvalue weighted by molar-refractivity contribution is -0.155. The second-order valence-electron chi connectivity index (χ2n) is 6.03. The zero-order chi connectivity index (χ0) is 20.0. The van der Waals surface area contributed by atoms with Gasteiger partial charge in [0, 0.05) is 16.7 Å². The van der Waals surface area contributed by atoms with Crippen molar-refractivity contribution in [1.29, 1.82) is 0 Å². The van der Waals surface area contributed by atoms with E-state index in [4.69, 9.17) is 9.47 Å². The van der Waals surface area contributed by atoms with E-state index < -0.39 is 11.6 Å². The molecule has 1 heterocycles. The highest BCUT2D eigenvalue weighted by Crippen LogP contribution is 2.46. The Kier molecular flexibility index (Phi) is 6.36. The lowest BCUT2D eigenvalue weighted by atomic mass is 9.83. The van der Waals surface area contributed by atoms with Crippen LogP contribution in [-0.4, -0.2) is 28.8 Å². The third-order valence-electron chi connectivity index (χ3n) is 3.87. The predicted molar refractivity (Wildman–Crippen MR) is 99.7 cm³/mol. The molecule has 142 valence electrons. The van der Waals surface area contributed by atoms with Crippen molar-refractivity contribution in [2.45, 2.75) is 25.9 Å². The quantitative estimate of drug-likeness (QED) is 0.631. The first-order valence-corrected chi connectivity index (χ1v) is 8.47. The number of carbonyl (C=O) groups is 2. The fourth-order valence-corrected chi connectivity index (χ4v) is 2.52. The summed E-state index contributed by atoms with van der Waals surface area (Å²) in [6.45, 7) is 7.51. The van der Waals surface area contributed by atoms with Gasteiger partial charge < -0.3 is 19.7 Å². The molecule has 2 N–H and O–H groups in total. The molecule has 0 spiro atoms. The van der Waals surface area contributed by atoms with Gasteiger partial charge in [-0.15, -0.1) is 0 Å². The maximum atomic E-state index is 11.5. The summed E-state index contributed by atoms with van der Waals surface area (Å²) in [7, 11) is 0. The van der Waals surface area contributed by atoms with Gasteiger partial charge in [-0.05, 0) is 25.5 Å². The number of hydrogen-bond donors (Lipinski definition) is 2.